The van der Waals surface area contributed by atoms with Gasteiger partial charge >= 0.3 is 0 Å². The molecule has 154 valence electrons. The van der Waals surface area contributed by atoms with E-state index in [1.54, 1.807) is 0 Å². The van der Waals surface area contributed by atoms with Gasteiger partial charge in [-0.3, -0.25) is 4.99 Å². The highest BCUT2D eigenvalue weighted by Gasteiger charge is 2.43. The van der Waals surface area contributed by atoms with Crippen molar-refractivity contribution < 1.29 is 0 Å². The summed E-state index contributed by atoms with van der Waals surface area (Å²) in [4.78, 5) is 12.7. The molecule has 1 aliphatic carbocycles. The number of piperidine rings is 1. The highest BCUT2D eigenvalue weighted by molar-refractivity contribution is 8.01. The Balaban J connectivity index is 1.28. The molecule has 2 aromatic rings. The van der Waals surface area contributed by atoms with E-state index in [0.717, 1.165) is 38.0 Å². The Morgan fingerprint density at radius 2 is 1.90 bits per heavy atom. The van der Waals surface area contributed by atoms with Gasteiger partial charge in [0.2, 0.25) is 0 Å². The number of nitrogens with one attached hydrogen (secondary N) is 2. The van der Waals surface area contributed by atoms with E-state index in [-0.39, 0.29) is 0 Å². The summed E-state index contributed by atoms with van der Waals surface area (Å²) in [7, 11) is 1.84. The number of nitrogens with zero attached hydrogens (tertiary/aromatic N) is 3. The van der Waals surface area contributed by atoms with Crippen molar-refractivity contribution in [1.29, 1.82) is 0 Å². The number of rotatable bonds is 7. The van der Waals surface area contributed by atoms with E-state index in [1.165, 1.54) is 42.6 Å². The molecule has 1 aromatic carbocycles. The van der Waals surface area contributed by atoms with Gasteiger partial charge < -0.3 is 15.5 Å². The fourth-order valence-corrected chi connectivity index (χ4v) is 4.95. The van der Waals surface area contributed by atoms with E-state index < -0.39 is 0 Å². The van der Waals surface area contributed by atoms with Crippen LogP contribution in [0.2, 0.25) is 0 Å². The molecule has 2 aliphatic rings. The van der Waals surface area contributed by atoms with Crippen molar-refractivity contribution in [3.63, 3.8) is 0 Å². The zero-order valence-corrected chi connectivity index (χ0v) is 18.0. The Kier molecular flexibility index (Phi) is 6.60. The third kappa shape index (κ3) is 5.66. The number of aromatic nitrogens is 1. The second-order valence-electron chi connectivity index (χ2n) is 7.95. The lowest BCUT2D eigenvalue weighted by Crippen LogP contribution is -2.40. The summed E-state index contributed by atoms with van der Waals surface area (Å²) in [5, 5.41) is 7.00. The predicted molar refractivity (Wildman–Crippen MR) is 123 cm³/mol. The maximum atomic E-state index is 4.58. The van der Waals surface area contributed by atoms with Crippen molar-refractivity contribution in [1.82, 2.24) is 15.6 Å². The molecule has 0 radical (unpaired) electrons. The normalized spacial score (nSPS) is 18.4. The molecule has 0 amide bonds. The van der Waals surface area contributed by atoms with Crippen molar-refractivity contribution in [2.45, 2.75) is 48.3 Å². The Morgan fingerprint density at radius 3 is 2.62 bits per heavy atom. The number of thioether (sulfide) groups is 1. The van der Waals surface area contributed by atoms with Gasteiger partial charge in [0, 0.05) is 49.1 Å². The summed E-state index contributed by atoms with van der Waals surface area (Å²) >= 11 is 1.98. The number of hydrogen-bond acceptors (Lipinski definition) is 4. The van der Waals surface area contributed by atoms with Gasteiger partial charge in [-0.05, 0) is 61.9 Å². The first-order valence-electron chi connectivity index (χ1n) is 10.6. The first-order valence-corrected chi connectivity index (χ1v) is 11.5. The molecular weight excluding hydrogens is 378 g/mol. The van der Waals surface area contributed by atoms with Crippen molar-refractivity contribution in [2.75, 3.05) is 31.6 Å². The minimum Gasteiger partial charge on any atom is -0.357 e. The molecular formula is C23H31N5S. The predicted octanol–water partition coefficient (Wildman–Crippen LogP) is 4.06. The summed E-state index contributed by atoms with van der Waals surface area (Å²) in [6, 6.07) is 15.0. The van der Waals surface area contributed by atoms with Crippen molar-refractivity contribution in [3.05, 3.63) is 54.2 Å². The van der Waals surface area contributed by atoms with Crippen LogP contribution in [0, 0.1) is 0 Å². The maximum absolute atomic E-state index is 4.58. The number of benzene rings is 1. The number of aliphatic imine (C=N–C) groups is 1. The standard InChI is InChI=1S/C23H31N5S/c1-24-22(27-18-23(11-12-23)29-20-8-4-2-5-9-20)26-17-19-10-13-25-21(16-19)28-14-6-3-7-15-28/h2,4-5,8-10,13,16H,3,6-7,11-12,14-15,17-18H2,1H3,(H2,24,26,27). The first kappa shape index (κ1) is 20.1. The zero-order chi connectivity index (χ0) is 19.9. The maximum Gasteiger partial charge on any atom is 0.191 e. The molecule has 6 heteroatoms. The van der Waals surface area contributed by atoms with Gasteiger partial charge in [0.05, 0.1) is 0 Å². The van der Waals surface area contributed by atoms with Crippen molar-refractivity contribution >= 4 is 23.5 Å². The lowest BCUT2D eigenvalue weighted by molar-refractivity contribution is 0.573. The van der Waals surface area contributed by atoms with E-state index in [0.29, 0.717) is 4.75 Å². The van der Waals surface area contributed by atoms with Crippen LogP contribution in [0.3, 0.4) is 0 Å². The minimum atomic E-state index is 0.303. The summed E-state index contributed by atoms with van der Waals surface area (Å²) in [5.74, 6) is 1.96. The number of hydrogen-bond donors (Lipinski definition) is 2. The summed E-state index contributed by atoms with van der Waals surface area (Å²) in [5.41, 5.74) is 1.24. The van der Waals surface area contributed by atoms with Gasteiger partial charge in [0.25, 0.3) is 0 Å². The molecule has 1 aromatic heterocycles. The van der Waals surface area contributed by atoms with E-state index in [2.05, 4.69) is 68.0 Å². The molecule has 2 heterocycles. The summed E-state index contributed by atoms with van der Waals surface area (Å²) in [6.45, 7) is 3.92. The quantitative estimate of drug-likeness (QED) is 0.533. The molecule has 5 nitrogen and oxygen atoms in total. The highest BCUT2D eigenvalue weighted by Crippen LogP contribution is 2.51. The van der Waals surface area contributed by atoms with Gasteiger partial charge in [-0.15, -0.1) is 11.8 Å². The van der Waals surface area contributed by atoms with Crippen LogP contribution < -0.4 is 15.5 Å². The van der Waals surface area contributed by atoms with Crippen molar-refractivity contribution in [2.24, 2.45) is 4.99 Å². The average Bonchev–Trinajstić information content (AvgIpc) is 3.55. The molecule has 0 atom stereocenters. The lowest BCUT2D eigenvalue weighted by atomic mass is 10.1. The fraction of sp³-hybridized carbons (Fsp3) is 0.478. The Hall–Kier alpha value is -2.21. The second kappa shape index (κ2) is 9.53. The average molecular weight is 410 g/mol. The van der Waals surface area contributed by atoms with Gasteiger partial charge in [-0.1, -0.05) is 18.2 Å². The van der Waals surface area contributed by atoms with E-state index in [1.807, 2.05) is 25.0 Å². The van der Waals surface area contributed by atoms with Gasteiger partial charge in [0.15, 0.2) is 5.96 Å². The second-order valence-corrected chi connectivity index (χ2v) is 9.49. The summed E-state index contributed by atoms with van der Waals surface area (Å²) in [6.07, 6.45) is 8.30. The molecule has 2 fully saturated rings. The van der Waals surface area contributed by atoms with Crippen LogP contribution in [0.1, 0.15) is 37.7 Å². The molecule has 1 saturated heterocycles. The lowest BCUT2D eigenvalue weighted by Gasteiger charge is -2.28. The molecule has 0 bridgehead atoms. The molecule has 4 rings (SSSR count). The molecule has 0 unspecified atom stereocenters. The summed E-state index contributed by atoms with van der Waals surface area (Å²) < 4.78 is 0.303. The number of pyridine rings is 1. The van der Waals surface area contributed by atoms with Crippen LogP contribution in [0.25, 0.3) is 0 Å². The largest absolute Gasteiger partial charge is 0.357 e. The smallest absolute Gasteiger partial charge is 0.191 e. The van der Waals surface area contributed by atoms with Gasteiger partial charge in [-0.2, -0.15) is 0 Å². The molecule has 29 heavy (non-hydrogen) atoms. The van der Waals surface area contributed by atoms with Crippen LogP contribution in [-0.2, 0) is 6.54 Å². The van der Waals surface area contributed by atoms with Gasteiger partial charge in [-0.25, -0.2) is 4.98 Å². The topological polar surface area (TPSA) is 52.6 Å². The first-order chi connectivity index (χ1) is 14.3. The van der Waals surface area contributed by atoms with E-state index >= 15 is 0 Å². The SMILES string of the molecule is CN=C(NCc1ccnc(N2CCCCC2)c1)NCC1(Sc2ccccc2)CC1. The molecule has 0 spiro atoms. The van der Waals surface area contributed by atoms with Crippen molar-refractivity contribution in [3.8, 4) is 0 Å². The van der Waals surface area contributed by atoms with Crippen LogP contribution in [0.5, 0.6) is 0 Å². The van der Waals surface area contributed by atoms with Gasteiger partial charge in [0.1, 0.15) is 5.82 Å². The fourth-order valence-electron chi connectivity index (χ4n) is 3.71. The number of anilines is 1. The number of guanidine groups is 1. The van der Waals surface area contributed by atoms with Crippen LogP contribution in [0.15, 0.2) is 58.5 Å². The van der Waals surface area contributed by atoms with E-state index in [9.17, 15) is 0 Å². The van der Waals surface area contributed by atoms with Crippen LogP contribution in [0.4, 0.5) is 5.82 Å². The zero-order valence-electron chi connectivity index (χ0n) is 17.2. The third-order valence-corrected chi connectivity index (χ3v) is 7.13. The Labute approximate surface area is 178 Å². The minimum absolute atomic E-state index is 0.303. The Bertz CT molecular complexity index is 813. The third-order valence-electron chi connectivity index (χ3n) is 5.64. The molecule has 2 N–H and O–H groups in total. The molecule has 1 aliphatic heterocycles. The van der Waals surface area contributed by atoms with Crippen LogP contribution >= 0.6 is 11.8 Å². The Morgan fingerprint density at radius 1 is 1.10 bits per heavy atom. The monoisotopic (exact) mass is 409 g/mol. The molecule has 1 saturated carbocycles. The van der Waals surface area contributed by atoms with Crippen LogP contribution in [-0.4, -0.2) is 42.4 Å². The van der Waals surface area contributed by atoms with E-state index in [4.69, 9.17) is 0 Å². The highest BCUT2D eigenvalue weighted by atomic mass is 32.2.